The van der Waals surface area contributed by atoms with Gasteiger partial charge in [-0.05, 0) is 37.0 Å². The quantitative estimate of drug-likeness (QED) is 0.783. The summed E-state index contributed by atoms with van der Waals surface area (Å²) in [5.74, 6) is -0.317. The summed E-state index contributed by atoms with van der Waals surface area (Å²) in [6, 6.07) is 4.38. The van der Waals surface area contributed by atoms with Gasteiger partial charge in [0, 0.05) is 18.0 Å². The Kier molecular flexibility index (Phi) is 3.85. The van der Waals surface area contributed by atoms with Crippen molar-refractivity contribution in [3.8, 4) is 0 Å². The smallest absolute Gasteiger partial charge is 0.266 e. The van der Waals surface area contributed by atoms with Crippen LogP contribution in [0.3, 0.4) is 0 Å². The van der Waals surface area contributed by atoms with Gasteiger partial charge in [0.25, 0.3) is 11.5 Å². The number of hydrogen-bond acceptors (Lipinski definition) is 3. The topological polar surface area (TPSA) is 94.8 Å². The minimum absolute atomic E-state index is 0.0268. The van der Waals surface area contributed by atoms with Gasteiger partial charge in [-0.2, -0.15) is 0 Å². The Labute approximate surface area is 130 Å². The third kappa shape index (κ3) is 2.82. The zero-order chi connectivity index (χ0) is 15.7. The van der Waals surface area contributed by atoms with E-state index in [2.05, 4.69) is 15.3 Å². The highest BCUT2D eigenvalue weighted by Crippen LogP contribution is 2.27. The standard InChI is InChI=1S/C15H14ClN3O3/c16-10-6-8(7-17-15(10)22)14(21)19-12-3-1-2-11-9(12)4-5-13(20)18-11/h4-7,12H,1-3H2,(H,17,22)(H,18,20)(H,19,21)/t12-/m0/s1. The minimum atomic E-state index is -0.432. The van der Waals surface area contributed by atoms with Crippen LogP contribution in [0.1, 0.15) is 40.5 Å². The van der Waals surface area contributed by atoms with Crippen LogP contribution in [0.25, 0.3) is 0 Å². The molecular weight excluding hydrogens is 306 g/mol. The van der Waals surface area contributed by atoms with Crippen molar-refractivity contribution in [1.82, 2.24) is 15.3 Å². The lowest BCUT2D eigenvalue weighted by Crippen LogP contribution is -2.32. The highest BCUT2D eigenvalue weighted by atomic mass is 35.5. The molecule has 0 saturated heterocycles. The molecule has 0 radical (unpaired) electrons. The number of pyridine rings is 2. The van der Waals surface area contributed by atoms with Crippen molar-refractivity contribution in [2.75, 3.05) is 0 Å². The molecule has 7 heteroatoms. The molecule has 2 aromatic heterocycles. The molecule has 2 aromatic rings. The maximum atomic E-state index is 12.3. The van der Waals surface area contributed by atoms with E-state index in [-0.39, 0.29) is 22.5 Å². The lowest BCUT2D eigenvalue weighted by Gasteiger charge is -2.25. The molecule has 2 heterocycles. The van der Waals surface area contributed by atoms with Gasteiger partial charge in [-0.1, -0.05) is 11.6 Å². The van der Waals surface area contributed by atoms with E-state index in [1.165, 1.54) is 18.3 Å². The van der Waals surface area contributed by atoms with Crippen molar-refractivity contribution >= 4 is 17.5 Å². The van der Waals surface area contributed by atoms with Crippen LogP contribution in [0.15, 0.2) is 34.0 Å². The second kappa shape index (κ2) is 5.81. The van der Waals surface area contributed by atoms with Gasteiger partial charge in [-0.25, -0.2) is 0 Å². The average Bonchev–Trinajstić information content (AvgIpc) is 2.50. The zero-order valence-electron chi connectivity index (χ0n) is 11.6. The number of aromatic nitrogens is 2. The maximum Gasteiger partial charge on any atom is 0.266 e. The van der Waals surface area contributed by atoms with Crippen LogP contribution < -0.4 is 16.4 Å². The summed E-state index contributed by atoms with van der Waals surface area (Å²) in [5.41, 5.74) is 1.51. The molecule has 3 N–H and O–H groups in total. The summed E-state index contributed by atoms with van der Waals surface area (Å²) in [6.45, 7) is 0. The Morgan fingerprint density at radius 2 is 2.14 bits per heavy atom. The van der Waals surface area contributed by atoms with Gasteiger partial charge >= 0.3 is 0 Å². The Morgan fingerprint density at radius 1 is 1.32 bits per heavy atom. The number of H-pyrrole nitrogens is 2. The molecule has 1 amide bonds. The van der Waals surface area contributed by atoms with Crippen LogP contribution in [-0.4, -0.2) is 15.9 Å². The van der Waals surface area contributed by atoms with E-state index in [1.54, 1.807) is 6.07 Å². The van der Waals surface area contributed by atoms with E-state index < -0.39 is 5.56 Å². The largest absolute Gasteiger partial charge is 0.345 e. The molecule has 6 nitrogen and oxygen atoms in total. The SMILES string of the molecule is O=C(N[C@H]1CCCc2[nH]c(=O)ccc21)c1c[nH]c(=O)c(Cl)c1. The molecule has 0 saturated carbocycles. The summed E-state index contributed by atoms with van der Waals surface area (Å²) >= 11 is 5.74. The van der Waals surface area contributed by atoms with Crippen molar-refractivity contribution in [3.63, 3.8) is 0 Å². The number of rotatable bonds is 2. The fourth-order valence-electron chi connectivity index (χ4n) is 2.68. The van der Waals surface area contributed by atoms with Crippen LogP contribution in [0, 0.1) is 0 Å². The third-order valence-corrected chi connectivity index (χ3v) is 4.04. The third-order valence-electron chi connectivity index (χ3n) is 3.76. The molecule has 22 heavy (non-hydrogen) atoms. The van der Waals surface area contributed by atoms with Gasteiger partial charge in [-0.3, -0.25) is 14.4 Å². The van der Waals surface area contributed by atoms with E-state index in [9.17, 15) is 14.4 Å². The molecule has 0 spiro atoms. The number of amides is 1. The molecule has 1 aliphatic carbocycles. The number of aryl methyl sites for hydroxylation is 1. The maximum absolute atomic E-state index is 12.3. The number of aromatic amines is 2. The number of halogens is 1. The normalized spacial score (nSPS) is 16.9. The highest BCUT2D eigenvalue weighted by Gasteiger charge is 2.23. The fourth-order valence-corrected chi connectivity index (χ4v) is 2.85. The molecule has 114 valence electrons. The Bertz CT molecular complexity index is 840. The average molecular weight is 320 g/mol. The lowest BCUT2D eigenvalue weighted by atomic mass is 9.91. The van der Waals surface area contributed by atoms with Gasteiger partial charge < -0.3 is 15.3 Å². The first-order valence-electron chi connectivity index (χ1n) is 6.96. The summed E-state index contributed by atoms with van der Waals surface area (Å²) in [6.07, 6.45) is 3.80. The molecule has 1 atom stereocenters. The molecule has 0 aliphatic heterocycles. The van der Waals surface area contributed by atoms with Crippen molar-refractivity contribution in [2.24, 2.45) is 0 Å². The molecule has 0 aromatic carbocycles. The second-order valence-corrected chi connectivity index (χ2v) is 5.65. The monoisotopic (exact) mass is 319 g/mol. The summed E-state index contributed by atoms with van der Waals surface area (Å²) in [7, 11) is 0. The number of nitrogens with one attached hydrogen (secondary N) is 3. The van der Waals surface area contributed by atoms with Gasteiger partial charge in [0.1, 0.15) is 5.02 Å². The number of carbonyl (C=O) groups is 1. The summed E-state index contributed by atoms with van der Waals surface area (Å²) < 4.78 is 0. The first-order chi connectivity index (χ1) is 10.5. The van der Waals surface area contributed by atoms with Crippen molar-refractivity contribution in [3.05, 3.63) is 66.9 Å². The predicted molar refractivity (Wildman–Crippen MR) is 82.3 cm³/mol. The minimum Gasteiger partial charge on any atom is -0.345 e. The van der Waals surface area contributed by atoms with Crippen LogP contribution in [0.5, 0.6) is 0 Å². The number of fused-ring (bicyclic) bond motifs is 1. The van der Waals surface area contributed by atoms with E-state index in [0.29, 0.717) is 5.56 Å². The summed E-state index contributed by atoms with van der Waals surface area (Å²) in [5, 5.41) is 2.89. The van der Waals surface area contributed by atoms with Crippen molar-refractivity contribution in [2.45, 2.75) is 25.3 Å². The lowest BCUT2D eigenvalue weighted by molar-refractivity contribution is 0.0932. The zero-order valence-corrected chi connectivity index (χ0v) is 12.4. The molecule has 0 fully saturated rings. The van der Waals surface area contributed by atoms with E-state index in [4.69, 9.17) is 11.6 Å². The van der Waals surface area contributed by atoms with Crippen molar-refractivity contribution < 1.29 is 4.79 Å². The van der Waals surface area contributed by atoms with Crippen molar-refractivity contribution in [1.29, 1.82) is 0 Å². The Morgan fingerprint density at radius 3 is 2.91 bits per heavy atom. The van der Waals surface area contributed by atoms with E-state index in [0.717, 1.165) is 30.5 Å². The van der Waals surface area contributed by atoms with E-state index >= 15 is 0 Å². The Hall–Kier alpha value is -2.34. The highest BCUT2D eigenvalue weighted by molar-refractivity contribution is 6.30. The number of carbonyl (C=O) groups excluding carboxylic acids is 1. The second-order valence-electron chi connectivity index (χ2n) is 5.24. The van der Waals surface area contributed by atoms with Gasteiger partial charge in [0.2, 0.25) is 5.56 Å². The van der Waals surface area contributed by atoms with E-state index in [1.807, 2.05) is 0 Å². The predicted octanol–water partition coefficient (Wildman–Crippen LogP) is 1.52. The first-order valence-corrected chi connectivity index (χ1v) is 7.33. The van der Waals surface area contributed by atoms with Gasteiger partial charge in [-0.15, -0.1) is 0 Å². The summed E-state index contributed by atoms with van der Waals surface area (Å²) in [4.78, 5) is 40.1. The Balaban J connectivity index is 1.85. The van der Waals surface area contributed by atoms with Crippen LogP contribution in [0.4, 0.5) is 0 Å². The molecule has 3 rings (SSSR count). The molecule has 0 bridgehead atoms. The molecular formula is C15H14ClN3O3. The van der Waals surface area contributed by atoms with Crippen LogP contribution in [0.2, 0.25) is 5.02 Å². The van der Waals surface area contributed by atoms with Gasteiger partial charge in [0.15, 0.2) is 0 Å². The van der Waals surface area contributed by atoms with Gasteiger partial charge in [0.05, 0.1) is 11.6 Å². The molecule has 0 unspecified atom stereocenters. The van der Waals surface area contributed by atoms with Crippen LogP contribution in [-0.2, 0) is 6.42 Å². The fraction of sp³-hybridized carbons (Fsp3) is 0.267. The molecule has 1 aliphatic rings. The number of hydrogen-bond donors (Lipinski definition) is 3. The van der Waals surface area contributed by atoms with Crippen LogP contribution >= 0.6 is 11.6 Å². The first kappa shape index (κ1) is 14.6.